The number of hydrogen-bond acceptors (Lipinski definition) is 12. The highest BCUT2D eigenvalue weighted by Gasteiger charge is 2.54. The predicted molar refractivity (Wildman–Crippen MR) is 172 cm³/mol. The van der Waals surface area contributed by atoms with Crippen molar-refractivity contribution in [3.05, 3.63) is 85.1 Å². The number of aliphatic hydroxyl groups is 2. The molecule has 1 aliphatic rings. The van der Waals surface area contributed by atoms with Crippen LogP contribution in [0.15, 0.2) is 85.1 Å². The van der Waals surface area contributed by atoms with Gasteiger partial charge in [-0.3, -0.25) is 4.52 Å². The lowest BCUT2D eigenvalue weighted by Crippen LogP contribution is -2.44. The second-order valence-corrected chi connectivity index (χ2v) is 12.9. The average Bonchev–Trinajstić information content (AvgIpc) is 3.57. The summed E-state index contributed by atoms with van der Waals surface area (Å²) in [4.78, 5) is 21.3. The van der Waals surface area contributed by atoms with Crippen LogP contribution in [0.25, 0.3) is 21.8 Å². The van der Waals surface area contributed by atoms with Gasteiger partial charge in [-0.1, -0.05) is 54.6 Å². The van der Waals surface area contributed by atoms with Crippen LogP contribution in [0.4, 0.5) is 5.95 Å². The molecule has 1 unspecified atom stereocenters. The number of carbonyl (C=O) groups is 1. The van der Waals surface area contributed by atoms with Gasteiger partial charge in [-0.05, 0) is 43.5 Å². The molecule has 0 saturated carbocycles. The Hall–Kier alpha value is -4.56. The zero-order chi connectivity index (χ0) is 33.3. The maximum absolute atomic E-state index is 14.4. The fourth-order valence-corrected chi connectivity index (χ4v) is 6.91. The highest BCUT2D eigenvalue weighted by molar-refractivity contribution is 7.52. The second-order valence-electron chi connectivity index (χ2n) is 11.2. The Kier molecular flexibility index (Phi) is 8.90. The Morgan fingerprint density at radius 2 is 1.81 bits per heavy atom. The van der Waals surface area contributed by atoms with E-state index >= 15 is 0 Å². The number of nitrogen functional groups attached to an aromatic ring is 1. The first-order chi connectivity index (χ1) is 22.5. The molecule has 0 bridgehead atoms. The predicted octanol–water partition coefficient (Wildman–Crippen LogP) is 3.97. The zero-order valence-corrected chi connectivity index (χ0v) is 26.6. The first-order valence-electron chi connectivity index (χ1n) is 14.7. The van der Waals surface area contributed by atoms with Crippen molar-refractivity contribution in [3.8, 4) is 17.4 Å². The lowest BCUT2D eigenvalue weighted by molar-refractivity contribution is -0.136. The van der Waals surface area contributed by atoms with Crippen LogP contribution in [0, 0.1) is 0 Å². The molecule has 1 saturated heterocycles. The molecule has 2 aromatic heterocycles. The van der Waals surface area contributed by atoms with Gasteiger partial charge in [0.2, 0.25) is 11.8 Å². The van der Waals surface area contributed by atoms with Gasteiger partial charge in [-0.2, -0.15) is 15.1 Å². The van der Waals surface area contributed by atoms with E-state index in [0.717, 1.165) is 5.39 Å². The first-order valence-corrected chi connectivity index (χ1v) is 16.2. The molecule has 0 aliphatic carbocycles. The van der Waals surface area contributed by atoms with Gasteiger partial charge in [0, 0.05) is 11.6 Å². The third-order valence-corrected chi connectivity index (χ3v) is 9.43. The van der Waals surface area contributed by atoms with Gasteiger partial charge in [0.1, 0.15) is 35.3 Å². The Bertz CT molecular complexity index is 1950. The number of methoxy groups -OCH3 is 1. The molecule has 0 amide bonds. The number of rotatable bonds is 11. The van der Waals surface area contributed by atoms with E-state index in [2.05, 4.69) is 15.1 Å². The number of benzene rings is 3. The van der Waals surface area contributed by atoms with E-state index < -0.39 is 50.4 Å². The minimum absolute atomic E-state index is 0.0649. The van der Waals surface area contributed by atoms with Crippen molar-refractivity contribution in [2.45, 2.75) is 43.9 Å². The Morgan fingerprint density at radius 1 is 1.09 bits per heavy atom. The number of ether oxygens (including phenoxy) is 3. The number of hydrogen-bond donors (Lipinski definition) is 4. The number of nitrogens with two attached hydrogens (primary N) is 1. The van der Waals surface area contributed by atoms with Gasteiger partial charge in [0.15, 0.2) is 11.9 Å². The lowest BCUT2D eigenvalue weighted by Gasteiger charge is -2.28. The molecular formula is C32H34N5O9P. The summed E-state index contributed by atoms with van der Waals surface area (Å²) in [6.07, 6.45) is -2.30. The van der Waals surface area contributed by atoms with Gasteiger partial charge in [-0.25, -0.2) is 9.36 Å². The molecule has 0 radical (unpaired) electrons. The number of anilines is 1. The molecule has 6 atom stereocenters. The van der Waals surface area contributed by atoms with Gasteiger partial charge in [-0.15, -0.1) is 0 Å². The second kappa shape index (κ2) is 12.9. The SMILES string of the molecule is COc1nc(N)nc2c1ccn2[C@@H]1O[C@H](COP(=O)(N[C@H](C)C(=O)Oc2ccccc2)Oc2cccc3ccccc23)[C@@H](O)[C@@]1(C)O. The number of fused-ring (bicyclic) bond motifs is 2. The van der Waals surface area contributed by atoms with Gasteiger partial charge in [0.05, 0.1) is 19.1 Å². The Morgan fingerprint density at radius 3 is 2.57 bits per heavy atom. The summed E-state index contributed by atoms with van der Waals surface area (Å²) in [7, 11) is -2.96. The zero-order valence-electron chi connectivity index (χ0n) is 25.7. The van der Waals surface area contributed by atoms with Crippen LogP contribution in [0.5, 0.6) is 17.4 Å². The number of aromatic nitrogens is 3. The monoisotopic (exact) mass is 663 g/mol. The van der Waals surface area contributed by atoms with Gasteiger partial charge >= 0.3 is 13.7 Å². The summed E-state index contributed by atoms with van der Waals surface area (Å²) in [5.74, 6) is -0.0512. The molecule has 0 spiro atoms. The van der Waals surface area contributed by atoms with E-state index in [9.17, 15) is 19.6 Å². The molecular weight excluding hydrogens is 629 g/mol. The lowest BCUT2D eigenvalue weighted by atomic mass is 9.96. The molecule has 3 aromatic carbocycles. The molecule has 14 nitrogen and oxygen atoms in total. The molecule has 1 aliphatic heterocycles. The minimum Gasteiger partial charge on any atom is -0.480 e. The number of esters is 1. The molecule has 5 N–H and O–H groups in total. The average molecular weight is 664 g/mol. The Labute approximate surface area is 269 Å². The minimum atomic E-state index is -4.40. The van der Waals surface area contributed by atoms with Crippen LogP contribution in [0.1, 0.15) is 20.1 Å². The summed E-state index contributed by atoms with van der Waals surface area (Å²) in [6.45, 7) is 2.33. The van der Waals surface area contributed by atoms with E-state index in [-0.39, 0.29) is 17.6 Å². The van der Waals surface area contributed by atoms with E-state index in [1.807, 2.05) is 18.2 Å². The smallest absolute Gasteiger partial charge is 0.459 e. The van der Waals surface area contributed by atoms with Crippen molar-refractivity contribution >= 4 is 41.5 Å². The Balaban J connectivity index is 1.26. The summed E-state index contributed by atoms with van der Waals surface area (Å²) in [6, 6.07) is 21.5. The fraction of sp³-hybridized carbons (Fsp3) is 0.281. The van der Waals surface area contributed by atoms with Crippen molar-refractivity contribution in [1.82, 2.24) is 19.6 Å². The van der Waals surface area contributed by atoms with Crippen LogP contribution >= 0.6 is 7.75 Å². The highest BCUT2D eigenvalue weighted by Crippen LogP contribution is 2.48. The summed E-state index contributed by atoms with van der Waals surface area (Å²) in [5, 5.41) is 27.3. The standard InChI is InChI=1S/C32H34N5O9P/c1-19(29(39)44-21-12-5-4-6-13-21)36-47(41,46-24-15-9-11-20-10-7-8-14-22(20)24)43-18-25-26(38)32(2,40)30(45-25)37-17-16-23-27(37)34-31(33)35-28(23)42-3/h4-17,19,25-26,30,38,40H,18H2,1-3H3,(H,36,41)(H2,33,34,35)/t19-,25-,26-,30-,32-,47?/m1/s1. The van der Waals surface area contributed by atoms with Crippen molar-refractivity contribution < 1.29 is 42.8 Å². The van der Waals surface area contributed by atoms with Crippen LogP contribution < -0.4 is 24.8 Å². The summed E-state index contributed by atoms with van der Waals surface area (Å²) in [5.41, 5.74) is 4.30. The molecule has 5 aromatic rings. The maximum atomic E-state index is 14.4. The van der Waals surface area contributed by atoms with Crippen molar-refractivity contribution in [3.63, 3.8) is 0 Å². The van der Waals surface area contributed by atoms with Crippen molar-refractivity contribution in [1.29, 1.82) is 0 Å². The molecule has 3 heterocycles. The number of para-hydroxylation sites is 1. The van der Waals surface area contributed by atoms with E-state index in [0.29, 0.717) is 22.2 Å². The number of nitrogens with one attached hydrogen (secondary N) is 1. The maximum Gasteiger partial charge on any atom is 0.459 e. The largest absolute Gasteiger partial charge is 0.480 e. The van der Waals surface area contributed by atoms with Crippen LogP contribution in [0.3, 0.4) is 0 Å². The highest BCUT2D eigenvalue weighted by atomic mass is 31.2. The van der Waals surface area contributed by atoms with Crippen molar-refractivity contribution in [2.75, 3.05) is 19.5 Å². The third-order valence-electron chi connectivity index (χ3n) is 7.80. The van der Waals surface area contributed by atoms with Crippen LogP contribution in [-0.4, -0.2) is 68.3 Å². The van der Waals surface area contributed by atoms with Crippen LogP contribution in [-0.2, 0) is 18.6 Å². The topological polar surface area (TPSA) is 190 Å². The summed E-state index contributed by atoms with van der Waals surface area (Å²) >= 11 is 0. The summed E-state index contributed by atoms with van der Waals surface area (Å²) < 4.78 is 44.6. The first kappa shape index (κ1) is 32.4. The quantitative estimate of drug-likeness (QED) is 0.0903. The van der Waals surface area contributed by atoms with E-state index in [4.69, 9.17) is 29.0 Å². The third kappa shape index (κ3) is 6.52. The van der Waals surface area contributed by atoms with E-state index in [1.54, 1.807) is 66.9 Å². The van der Waals surface area contributed by atoms with Gasteiger partial charge in [0.25, 0.3) is 0 Å². The number of nitrogens with zero attached hydrogens (tertiary/aromatic N) is 3. The fourth-order valence-electron chi connectivity index (χ4n) is 5.39. The molecule has 246 valence electrons. The van der Waals surface area contributed by atoms with Crippen LogP contribution in [0.2, 0.25) is 0 Å². The molecule has 15 heteroatoms. The molecule has 47 heavy (non-hydrogen) atoms. The number of aliphatic hydroxyl groups excluding tert-OH is 1. The van der Waals surface area contributed by atoms with Crippen molar-refractivity contribution in [2.24, 2.45) is 0 Å². The normalized spacial score (nSPS) is 23.0. The molecule has 1 fully saturated rings. The molecule has 6 rings (SSSR count). The number of carbonyl (C=O) groups excluding carboxylic acids is 1. The van der Waals surface area contributed by atoms with Gasteiger partial charge < -0.3 is 39.2 Å². The van der Waals surface area contributed by atoms with E-state index in [1.165, 1.54) is 25.5 Å².